The van der Waals surface area contributed by atoms with Gasteiger partial charge in [-0.25, -0.2) is 0 Å². The van der Waals surface area contributed by atoms with Crippen LogP contribution in [0.5, 0.6) is 0 Å². The van der Waals surface area contributed by atoms with Crippen LogP contribution in [0.2, 0.25) is 5.04 Å². The molecule has 1 heterocycles. The van der Waals surface area contributed by atoms with Crippen molar-refractivity contribution in [3.05, 3.63) is 60.7 Å². The van der Waals surface area contributed by atoms with E-state index in [1.165, 1.54) is 17.5 Å². The van der Waals surface area contributed by atoms with Crippen molar-refractivity contribution in [3.8, 4) is 0 Å². The predicted molar refractivity (Wildman–Crippen MR) is 146 cm³/mol. The number of rotatable bonds is 5. The van der Waals surface area contributed by atoms with Crippen molar-refractivity contribution in [2.45, 2.75) is 88.4 Å². The Kier molecular flexibility index (Phi) is 6.59. The summed E-state index contributed by atoms with van der Waals surface area (Å²) in [6.07, 6.45) is 5.74. The minimum atomic E-state index is -2.70. The average molecular weight is 537 g/mol. The number of fused-ring (bicyclic) bond motifs is 3. The molecular formula is C31H40O6Si. The molecule has 0 radical (unpaired) electrons. The summed E-state index contributed by atoms with van der Waals surface area (Å²) < 4.78 is 19.4. The van der Waals surface area contributed by atoms with E-state index in [1.807, 2.05) is 0 Å². The van der Waals surface area contributed by atoms with Crippen LogP contribution in [0.15, 0.2) is 60.7 Å². The van der Waals surface area contributed by atoms with E-state index in [0.717, 1.165) is 38.5 Å². The highest BCUT2D eigenvalue weighted by Crippen LogP contribution is 2.61. The SMILES string of the molecule is COC(=O)[C@@H]1C[C@@H]2C[C@H]1[C@]1(C2)OOC2(CCCC(O[Si](c3ccccc3)(c3ccccc3)C(C)(C)C)C2)O1. The van der Waals surface area contributed by atoms with Gasteiger partial charge >= 0.3 is 5.97 Å². The zero-order valence-corrected chi connectivity index (χ0v) is 24.0. The third-order valence-corrected chi connectivity index (χ3v) is 14.5. The van der Waals surface area contributed by atoms with Gasteiger partial charge in [0.2, 0.25) is 11.6 Å². The molecule has 6 nitrogen and oxygen atoms in total. The standard InChI is InChI=1S/C31H40O6Si/c1-29(2,3)38(24-13-7-5-8-14-24,25-15-9-6-10-16-25)34-23-12-11-17-30(21-23)35-31(37-36-30)20-22-18-26(27(31)19-22)28(32)33-4/h5-10,13-16,22-23,26-27H,11-12,17-21H2,1-4H3/t22-,23?,26-,27-,30?,31+/m1/s1. The summed E-state index contributed by atoms with van der Waals surface area (Å²) in [4.78, 5) is 24.7. The largest absolute Gasteiger partial charge is 0.469 e. The third-order valence-electron chi connectivity index (χ3n) is 9.38. The lowest BCUT2D eigenvalue weighted by atomic mass is 9.83. The van der Waals surface area contributed by atoms with Crippen LogP contribution < -0.4 is 10.4 Å². The van der Waals surface area contributed by atoms with E-state index in [-0.39, 0.29) is 28.9 Å². The highest BCUT2D eigenvalue weighted by molar-refractivity contribution is 6.99. The minimum absolute atomic E-state index is 0.0303. The highest BCUT2D eigenvalue weighted by atomic mass is 28.4. The molecule has 4 aliphatic rings. The first-order chi connectivity index (χ1) is 18.2. The van der Waals surface area contributed by atoms with E-state index >= 15 is 0 Å². The maximum Gasteiger partial charge on any atom is 0.309 e. The molecule has 1 aliphatic heterocycles. The Labute approximate surface area is 227 Å². The Morgan fingerprint density at radius 2 is 1.61 bits per heavy atom. The topological polar surface area (TPSA) is 63.2 Å². The van der Waals surface area contributed by atoms with Gasteiger partial charge in [0, 0.05) is 25.2 Å². The van der Waals surface area contributed by atoms with Crippen LogP contribution in [0.1, 0.15) is 65.7 Å². The molecule has 3 aliphatic carbocycles. The Bertz CT molecular complexity index is 1110. The Hall–Kier alpha value is -2.03. The van der Waals surface area contributed by atoms with E-state index in [9.17, 15) is 4.79 Å². The smallest absolute Gasteiger partial charge is 0.309 e. The lowest BCUT2D eigenvalue weighted by Crippen LogP contribution is -2.68. The molecule has 1 saturated heterocycles. The summed E-state index contributed by atoms with van der Waals surface area (Å²) in [5.74, 6) is -1.69. The van der Waals surface area contributed by atoms with Crippen molar-refractivity contribution < 1.29 is 28.5 Å². The average Bonchev–Trinajstić information content (AvgIpc) is 3.60. The lowest BCUT2D eigenvalue weighted by Gasteiger charge is -2.47. The van der Waals surface area contributed by atoms with Gasteiger partial charge in [-0.2, -0.15) is 9.78 Å². The van der Waals surface area contributed by atoms with Gasteiger partial charge in [0.25, 0.3) is 8.32 Å². The monoisotopic (exact) mass is 536 g/mol. The fraction of sp³-hybridized carbons (Fsp3) is 0.581. The van der Waals surface area contributed by atoms with Gasteiger partial charge in [-0.3, -0.25) is 4.79 Å². The minimum Gasteiger partial charge on any atom is -0.469 e. The van der Waals surface area contributed by atoms with Crippen LogP contribution >= 0.6 is 0 Å². The molecule has 0 amide bonds. The fourth-order valence-electron chi connectivity index (χ4n) is 7.83. The van der Waals surface area contributed by atoms with Crippen molar-refractivity contribution in [2.75, 3.05) is 7.11 Å². The van der Waals surface area contributed by atoms with Crippen molar-refractivity contribution in [2.24, 2.45) is 17.8 Å². The van der Waals surface area contributed by atoms with E-state index < -0.39 is 19.9 Å². The van der Waals surface area contributed by atoms with Crippen LogP contribution in [0.3, 0.4) is 0 Å². The van der Waals surface area contributed by atoms with Crippen molar-refractivity contribution in [3.63, 3.8) is 0 Å². The zero-order valence-electron chi connectivity index (χ0n) is 23.0. The molecule has 2 aromatic carbocycles. The normalized spacial score (nSPS) is 34.7. The number of hydrogen-bond donors (Lipinski definition) is 0. The van der Waals surface area contributed by atoms with Crippen molar-refractivity contribution in [1.29, 1.82) is 0 Å². The van der Waals surface area contributed by atoms with Crippen LogP contribution in [0.4, 0.5) is 0 Å². The highest BCUT2D eigenvalue weighted by Gasteiger charge is 2.67. The number of esters is 1. The number of carbonyl (C=O) groups is 1. The maximum atomic E-state index is 12.5. The summed E-state index contributed by atoms with van der Waals surface area (Å²) in [6.45, 7) is 6.92. The Morgan fingerprint density at radius 3 is 2.18 bits per heavy atom. The summed E-state index contributed by atoms with van der Waals surface area (Å²) in [6, 6.07) is 21.5. The molecule has 7 heteroatoms. The molecule has 6 atom stereocenters. The van der Waals surface area contributed by atoms with Gasteiger partial charge in [0.1, 0.15) is 0 Å². The molecule has 0 N–H and O–H groups in total. The van der Waals surface area contributed by atoms with Crippen molar-refractivity contribution in [1.82, 2.24) is 0 Å². The first-order valence-corrected chi connectivity index (χ1v) is 16.0. The van der Waals surface area contributed by atoms with E-state index in [4.69, 9.17) is 23.7 Å². The molecule has 0 aromatic heterocycles. The third kappa shape index (κ3) is 4.18. The molecule has 2 unspecified atom stereocenters. The van der Waals surface area contributed by atoms with Crippen LogP contribution in [-0.4, -0.2) is 39.1 Å². The molecule has 2 spiro atoms. The second-order valence-corrected chi connectivity index (χ2v) is 17.0. The molecule has 3 saturated carbocycles. The second-order valence-electron chi connectivity index (χ2n) is 12.8. The van der Waals surface area contributed by atoms with E-state index in [2.05, 4.69) is 81.4 Å². The number of benzene rings is 2. The van der Waals surface area contributed by atoms with Crippen LogP contribution in [-0.2, 0) is 28.5 Å². The second kappa shape index (κ2) is 9.56. The van der Waals surface area contributed by atoms with Gasteiger partial charge in [-0.15, -0.1) is 0 Å². The van der Waals surface area contributed by atoms with Gasteiger partial charge in [0.15, 0.2) is 0 Å². The number of methoxy groups -OCH3 is 1. The first kappa shape index (κ1) is 26.2. The molecule has 6 rings (SSSR count). The van der Waals surface area contributed by atoms with Gasteiger partial charge in [-0.1, -0.05) is 81.4 Å². The van der Waals surface area contributed by atoms with E-state index in [1.54, 1.807) is 0 Å². The maximum absolute atomic E-state index is 12.5. The molecule has 2 bridgehead atoms. The van der Waals surface area contributed by atoms with Gasteiger partial charge < -0.3 is 13.9 Å². The quantitative estimate of drug-likeness (QED) is 0.301. The fourth-order valence-corrected chi connectivity index (χ4v) is 12.5. The van der Waals surface area contributed by atoms with Crippen LogP contribution in [0, 0.1) is 17.8 Å². The number of carbonyl (C=O) groups excluding carboxylic acids is 1. The molecule has 4 fully saturated rings. The molecule has 204 valence electrons. The summed E-state index contributed by atoms with van der Waals surface area (Å²) >= 11 is 0. The van der Waals surface area contributed by atoms with E-state index in [0.29, 0.717) is 12.3 Å². The number of hydrogen-bond acceptors (Lipinski definition) is 6. The molecular weight excluding hydrogens is 496 g/mol. The summed E-state index contributed by atoms with van der Waals surface area (Å²) in [7, 11) is -1.24. The predicted octanol–water partition coefficient (Wildman–Crippen LogP) is 5.10. The van der Waals surface area contributed by atoms with Gasteiger partial charge in [-0.05, 0) is 47.0 Å². The van der Waals surface area contributed by atoms with Gasteiger partial charge in [0.05, 0.1) is 19.1 Å². The Morgan fingerprint density at radius 1 is 0.947 bits per heavy atom. The molecule has 2 aromatic rings. The lowest BCUT2D eigenvalue weighted by molar-refractivity contribution is -0.365. The van der Waals surface area contributed by atoms with Crippen LogP contribution in [0.25, 0.3) is 0 Å². The number of ether oxygens (including phenoxy) is 2. The van der Waals surface area contributed by atoms with Crippen molar-refractivity contribution >= 4 is 24.7 Å². The molecule has 38 heavy (non-hydrogen) atoms. The zero-order chi connectivity index (χ0) is 26.6. The summed E-state index contributed by atoms with van der Waals surface area (Å²) in [5, 5.41) is 2.44. The first-order valence-electron chi connectivity index (χ1n) is 14.1. The Balaban J connectivity index is 1.29. The summed E-state index contributed by atoms with van der Waals surface area (Å²) in [5.41, 5.74) is 0.